The lowest BCUT2D eigenvalue weighted by molar-refractivity contribution is -0.122. The van der Waals surface area contributed by atoms with Gasteiger partial charge in [-0.3, -0.25) is 4.79 Å². The van der Waals surface area contributed by atoms with E-state index in [4.69, 9.17) is 0 Å². The van der Waals surface area contributed by atoms with Gasteiger partial charge in [0.25, 0.3) is 0 Å². The molecule has 1 saturated heterocycles. The van der Waals surface area contributed by atoms with Crippen LogP contribution >= 0.6 is 0 Å². The Balaban J connectivity index is 1.36. The number of aromatic nitrogens is 1. The van der Waals surface area contributed by atoms with Crippen molar-refractivity contribution in [1.82, 2.24) is 20.5 Å². The monoisotopic (exact) mass is 385 g/mol. The first-order valence-electron chi connectivity index (χ1n) is 10.3. The lowest BCUT2D eigenvalue weighted by Gasteiger charge is -2.35. The Bertz CT molecular complexity index is 683. The second-order valence-corrected chi connectivity index (χ2v) is 7.48. The first-order chi connectivity index (χ1) is 13.6. The Labute approximate surface area is 167 Å². The van der Waals surface area contributed by atoms with E-state index in [0.29, 0.717) is 19.6 Å². The summed E-state index contributed by atoms with van der Waals surface area (Å²) in [6.07, 6.45) is 9.80. The number of anilines is 1. The average molecular weight is 386 g/mol. The molecule has 0 aromatic carbocycles. The topological polar surface area (TPSA) is 77.6 Å². The van der Waals surface area contributed by atoms with Gasteiger partial charge in [0.2, 0.25) is 5.91 Å². The molecule has 1 aliphatic carbocycles. The SMILES string of the molecule is CC(NC(=O)N1CCN(c2ccccn2)CC1)C(=O)NCCC1=CCCCC1. The number of urea groups is 1. The van der Waals surface area contributed by atoms with Crippen molar-refractivity contribution in [2.75, 3.05) is 37.6 Å². The van der Waals surface area contributed by atoms with Gasteiger partial charge in [0.05, 0.1) is 0 Å². The number of rotatable bonds is 6. The molecule has 0 bridgehead atoms. The number of amides is 3. The van der Waals surface area contributed by atoms with E-state index in [-0.39, 0.29) is 11.9 Å². The minimum absolute atomic E-state index is 0.128. The zero-order valence-corrected chi connectivity index (χ0v) is 16.7. The predicted octanol–water partition coefficient (Wildman–Crippen LogP) is 2.31. The quantitative estimate of drug-likeness (QED) is 0.737. The third kappa shape index (κ3) is 5.71. The van der Waals surface area contributed by atoms with Crippen LogP contribution in [0.2, 0.25) is 0 Å². The molecule has 0 radical (unpaired) electrons. The first kappa shape index (κ1) is 20.2. The van der Waals surface area contributed by atoms with Crippen LogP contribution in [0.1, 0.15) is 39.0 Å². The average Bonchev–Trinajstić information content (AvgIpc) is 2.75. The maximum absolute atomic E-state index is 12.5. The maximum Gasteiger partial charge on any atom is 0.318 e. The molecular formula is C21H31N5O2. The fraction of sp³-hybridized carbons (Fsp3) is 0.571. The van der Waals surface area contributed by atoms with E-state index in [2.05, 4.69) is 26.6 Å². The summed E-state index contributed by atoms with van der Waals surface area (Å²) in [5.41, 5.74) is 1.44. The van der Waals surface area contributed by atoms with Crippen LogP contribution in [0.25, 0.3) is 0 Å². The number of pyridine rings is 1. The highest BCUT2D eigenvalue weighted by Crippen LogP contribution is 2.19. The van der Waals surface area contributed by atoms with Gasteiger partial charge in [-0.2, -0.15) is 0 Å². The van der Waals surface area contributed by atoms with Gasteiger partial charge in [0.15, 0.2) is 0 Å². The Hall–Kier alpha value is -2.57. The van der Waals surface area contributed by atoms with Gasteiger partial charge in [-0.25, -0.2) is 9.78 Å². The molecule has 2 aliphatic rings. The van der Waals surface area contributed by atoms with Gasteiger partial charge in [-0.05, 0) is 51.2 Å². The summed E-state index contributed by atoms with van der Waals surface area (Å²) < 4.78 is 0. The largest absolute Gasteiger partial charge is 0.354 e. The van der Waals surface area contributed by atoms with Crippen LogP contribution < -0.4 is 15.5 Å². The van der Waals surface area contributed by atoms with E-state index in [1.807, 2.05) is 18.2 Å². The van der Waals surface area contributed by atoms with E-state index >= 15 is 0 Å². The molecule has 28 heavy (non-hydrogen) atoms. The fourth-order valence-corrected chi connectivity index (χ4v) is 3.65. The molecule has 7 nitrogen and oxygen atoms in total. The highest BCUT2D eigenvalue weighted by Gasteiger charge is 2.24. The Morgan fingerprint density at radius 2 is 2.00 bits per heavy atom. The Morgan fingerprint density at radius 3 is 2.68 bits per heavy atom. The standard InChI is InChI=1S/C21H31N5O2/c1-17(20(27)23-12-10-18-7-3-2-4-8-18)24-21(28)26-15-13-25(14-16-26)19-9-5-6-11-22-19/h5-7,9,11,17H,2-4,8,10,12-16H2,1H3,(H,23,27)(H,24,28). The minimum Gasteiger partial charge on any atom is -0.354 e. The fourth-order valence-electron chi connectivity index (χ4n) is 3.65. The number of carbonyl (C=O) groups is 2. The van der Waals surface area contributed by atoms with Crippen LogP contribution in [-0.2, 0) is 4.79 Å². The van der Waals surface area contributed by atoms with Crippen LogP contribution in [0.4, 0.5) is 10.6 Å². The van der Waals surface area contributed by atoms with Gasteiger partial charge < -0.3 is 20.4 Å². The zero-order chi connectivity index (χ0) is 19.8. The van der Waals surface area contributed by atoms with Gasteiger partial charge in [0, 0.05) is 38.9 Å². The van der Waals surface area contributed by atoms with Crippen LogP contribution in [0.3, 0.4) is 0 Å². The molecule has 152 valence electrons. The summed E-state index contributed by atoms with van der Waals surface area (Å²) in [4.78, 5) is 33.0. The highest BCUT2D eigenvalue weighted by atomic mass is 16.2. The first-order valence-corrected chi connectivity index (χ1v) is 10.3. The molecule has 3 amide bonds. The summed E-state index contributed by atoms with van der Waals surface area (Å²) >= 11 is 0. The molecule has 1 aliphatic heterocycles. The molecule has 0 saturated carbocycles. The van der Waals surface area contributed by atoms with E-state index < -0.39 is 6.04 Å². The minimum atomic E-state index is -0.540. The number of hydrogen-bond acceptors (Lipinski definition) is 4. The molecule has 1 fully saturated rings. The molecular weight excluding hydrogens is 354 g/mol. The van der Waals surface area contributed by atoms with Crippen molar-refractivity contribution in [3.63, 3.8) is 0 Å². The van der Waals surface area contributed by atoms with Crippen molar-refractivity contribution in [2.45, 2.75) is 45.1 Å². The second kappa shape index (κ2) is 10.1. The molecule has 1 aromatic rings. The van der Waals surface area contributed by atoms with Gasteiger partial charge in [0.1, 0.15) is 11.9 Å². The van der Waals surface area contributed by atoms with Crippen molar-refractivity contribution >= 4 is 17.8 Å². The van der Waals surface area contributed by atoms with Gasteiger partial charge in [-0.15, -0.1) is 0 Å². The molecule has 0 spiro atoms. The summed E-state index contributed by atoms with van der Waals surface area (Å²) in [7, 11) is 0. The maximum atomic E-state index is 12.5. The third-order valence-electron chi connectivity index (χ3n) is 5.40. The molecule has 1 atom stereocenters. The summed E-state index contributed by atoms with van der Waals surface area (Å²) in [5.74, 6) is 0.806. The number of nitrogens with zero attached hydrogens (tertiary/aromatic N) is 3. The number of allylic oxidation sites excluding steroid dienone is 1. The Morgan fingerprint density at radius 1 is 1.18 bits per heavy atom. The van der Waals surface area contributed by atoms with Crippen molar-refractivity contribution in [3.8, 4) is 0 Å². The molecule has 3 rings (SSSR count). The zero-order valence-electron chi connectivity index (χ0n) is 16.7. The summed E-state index contributed by atoms with van der Waals surface area (Å²) in [5, 5.41) is 5.76. The third-order valence-corrected chi connectivity index (χ3v) is 5.40. The number of hydrogen-bond donors (Lipinski definition) is 2. The Kier molecular flexibility index (Phi) is 7.28. The van der Waals surface area contributed by atoms with E-state index in [9.17, 15) is 9.59 Å². The van der Waals surface area contributed by atoms with Crippen molar-refractivity contribution in [1.29, 1.82) is 0 Å². The normalized spacial score (nSPS) is 18.2. The molecule has 2 N–H and O–H groups in total. The second-order valence-electron chi connectivity index (χ2n) is 7.48. The van der Waals surface area contributed by atoms with Gasteiger partial charge in [-0.1, -0.05) is 17.7 Å². The lowest BCUT2D eigenvalue weighted by atomic mass is 9.97. The van der Waals surface area contributed by atoms with Crippen LogP contribution in [-0.4, -0.2) is 60.6 Å². The molecule has 1 unspecified atom stereocenters. The van der Waals surface area contributed by atoms with Gasteiger partial charge >= 0.3 is 6.03 Å². The van der Waals surface area contributed by atoms with Crippen LogP contribution in [0.15, 0.2) is 36.0 Å². The molecule has 2 heterocycles. The van der Waals surface area contributed by atoms with E-state index in [1.54, 1.807) is 18.0 Å². The summed E-state index contributed by atoms with van der Waals surface area (Å²) in [6.45, 7) is 5.07. The number of nitrogens with one attached hydrogen (secondary N) is 2. The van der Waals surface area contributed by atoms with Crippen molar-refractivity contribution in [3.05, 3.63) is 36.0 Å². The highest BCUT2D eigenvalue weighted by molar-refractivity contribution is 5.86. The molecule has 1 aromatic heterocycles. The smallest absolute Gasteiger partial charge is 0.318 e. The van der Waals surface area contributed by atoms with Crippen molar-refractivity contribution < 1.29 is 9.59 Å². The predicted molar refractivity (Wildman–Crippen MR) is 110 cm³/mol. The number of carbonyl (C=O) groups excluding carboxylic acids is 2. The van der Waals surface area contributed by atoms with E-state index in [1.165, 1.54) is 18.4 Å². The summed E-state index contributed by atoms with van der Waals surface area (Å²) in [6, 6.07) is 5.11. The van der Waals surface area contributed by atoms with Crippen LogP contribution in [0, 0.1) is 0 Å². The van der Waals surface area contributed by atoms with E-state index in [0.717, 1.165) is 38.2 Å². The molecule has 7 heteroatoms. The van der Waals surface area contributed by atoms with Crippen molar-refractivity contribution in [2.24, 2.45) is 0 Å². The lowest BCUT2D eigenvalue weighted by Crippen LogP contribution is -2.55. The van der Waals surface area contributed by atoms with Crippen LogP contribution in [0.5, 0.6) is 0 Å². The number of piperazine rings is 1.